The molecular weight excluding hydrogens is 641 g/mol. The first-order valence-electron chi connectivity index (χ1n) is 18.9. The normalized spacial score (nSPS) is 14.1. The van der Waals surface area contributed by atoms with Crippen LogP contribution in [-0.2, 0) is 32.7 Å². The third-order valence-corrected chi connectivity index (χ3v) is 8.59. The number of phosphoric ester groups is 1. The van der Waals surface area contributed by atoms with Gasteiger partial charge in [-0.2, -0.15) is 0 Å². The van der Waals surface area contributed by atoms with Gasteiger partial charge in [0.2, 0.25) is 0 Å². The number of esters is 2. The maximum Gasteiger partial charge on any atom is 0.472 e. The number of carbonyl (C=O) groups is 2. The molecule has 0 aliphatic heterocycles. The average Bonchev–Trinajstić information content (AvgIpc) is 3.06. The minimum atomic E-state index is -4.36. The highest BCUT2D eigenvalue weighted by molar-refractivity contribution is 7.47. The third-order valence-electron chi connectivity index (χ3n) is 7.61. The van der Waals surface area contributed by atoms with E-state index in [4.69, 9.17) is 18.5 Å². The van der Waals surface area contributed by atoms with Crippen molar-refractivity contribution in [2.75, 3.05) is 40.5 Å². The Kier molecular flexibility index (Phi) is 33.0. The fraction of sp³-hybridized carbons (Fsp3) is 0.744. The van der Waals surface area contributed by atoms with Crippen molar-refractivity contribution in [1.29, 1.82) is 0 Å². The molecule has 2 unspecified atom stereocenters. The second-order valence-corrected chi connectivity index (χ2v) is 14.2. The smallest absolute Gasteiger partial charge is 0.462 e. The number of unbranched alkanes of at least 4 members (excludes halogenated alkanes) is 12. The molecule has 0 amide bonds. The van der Waals surface area contributed by atoms with Gasteiger partial charge in [-0.05, 0) is 84.7 Å². The molecule has 0 saturated heterocycles. The molecule has 0 rings (SSSR count). The first kappa shape index (κ1) is 47.0. The second-order valence-electron chi connectivity index (χ2n) is 12.7. The lowest BCUT2D eigenvalue weighted by Crippen LogP contribution is -2.29. The van der Waals surface area contributed by atoms with Crippen LogP contribution in [0.5, 0.6) is 0 Å². The largest absolute Gasteiger partial charge is 0.472 e. The SMILES string of the molecule is CCCC/C=C\CCCCCCCC(=O)OC(COC(=O)CCCC/C=C\C/C=C\C/C=C\CCCCC)COP(=O)(O)OCCN(C)C. The van der Waals surface area contributed by atoms with Crippen molar-refractivity contribution in [2.24, 2.45) is 0 Å². The van der Waals surface area contributed by atoms with Crippen LogP contribution in [0.15, 0.2) is 48.6 Å². The number of hydrogen-bond acceptors (Lipinski definition) is 8. The molecule has 49 heavy (non-hydrogen) atoms. The molecule has 0 bridgehead atoms. The van der Waals surface area contributed by atoms with E-state index >= 15 is 0 Å². The van der Waals surface area contributed by atoms with Crippen LogP contribution in [0.3, 0.4) is 0 Å². The molecule has 0 aliphatic rings. The third kappa shape index (κ3) is 35.6. The Hall–Kier alpha value is -2.03. The molecule has 0 heterocycles. The van der Waals surface area contributed by atoms with Crippen molar-refractivity contribution in [3.63, 3.8) is 0 Å². The van der Waals surface area contributed by atoms with Crippen LogP contribution in [0.2, 0.25) is 0 Å². The summed E-state index contributed by atoms with van der Waals surface area (Å²) in [6.45, 7) is 4.17. The van der Waals surface area contributed by atoms with Crippen LogP contribution in [0.4, 0.5) is 0 Å². The van der Waals surface area contributed by atoms with Gasteiger partial charge >= 0.3 is 19.8 Å². The van der Waals surface area contributed by atoms with Crippen LogP contribution in [0, 0.1) is 0 Å². The number of likely N-dealkylation sites (N-methyl/N-ethyl adjacent to an activating group) is 1. The Morgan fingerprint density at radius 3 is 1.76 bits per heavy atom. The monoisotopic (exact) mass is 711 g/mol. The zero-order valence-corrected chi connectivity index (χ0v) is 32.3. The molecule has 0 fully saturated rings. The van der Waals surface area contributed by atoms with Crippen molar-refractivity contribution in [2.45, 2.75) is 148 Å². The molecule has 0 aromatic rings. The molecule has 284 valence electrons. The van der Waals surface area contributed by atoms with Gasteiger partial charge in [-0.15, -0.1) is 0 Å². The van der Waals surface area contributed by atoms with Crippen LogP contribution in [0.25, 0.3) is 0 Å². The highest BCUT2D eigenvalue weighted by Crippen LogP contribution is 2.43. The predicted octanol–water partition coefficient (Wildman–Crippen LogP) is 10.2. The molecule has 0 aliphatic carbocycles. The molecule has 10 heteroatoms. The first-order valence-corrected chi connectivity index (χ1v) is 20.4. The highest BCUT2D eigenvalue weighted by atomic mass is 31.2. The maximum absolute atomic E-state index is 12.5. The Morgan fingerprint density at radius 1 is 0.633 bits per heavy atom. The van der Waals surface area contributed by atoms with Crippen LogP contribution < -0.4 is 0 Å². The van der Waals surface area contributed by atoms with Crippen molar-refractivity contribution in [1.82, 2.24) is 4.90 Å². The van der Waals surface area contributed by atoms with Gasteiger partial charge in [0.25, 0.3) is 0 Å². The Morgan fingerprint density at radius 2 is 1.12 bits per heavy atom. The Bertz CT molecular complexity index is 963. The summed E-state index contributed by atoms with van der Waals surface area (Å²) >= 11 is 0. The van der Waals surface area contributed by atoms with Crippen LogP contribution >= 0.6 is 7.82 Å². The minimum absolute atomic E-state index is 0.00188. The average molecular weight is 712 g/mol. The summed E-state index contributed by atoms with van der Waals surface area (Å²) in [6, 6.07) is 0. The number of phosphoric acid groups is 1. The van der Waals surface area contributed by atoms with Crippen molar-refractivity contribution in [3.8, 4) is 0 Å². The van der Waals surface area contributed by atoms with Crippen molar-refractivity contribution >= 4 is 19.8 Å². The van der Waals surface area contributed by atoms with E-state index in [1.165, 1.54) is 32.1 Å². The maximum atomic E-state index is 12.5. The Labute approximate surface area is 299 Å². The number of hydrogen-bond donors (Lipinski definition) is 1. The van der Waals surface area contributed by atoms with Crippen LogP contribution in [-0.4, -0.2) is 68.3 Å². The van der Waals surface area contributed by atoms with Crippen LogP contribution in [0.1, 0.15) is 142 Å². The number of allylic oxidation sites excluding steroid dienone is 8. The highest BCUT2D eigenvalue weighted by Gasteiger charge is 2.26. The molecule has 9 nitrogen and oxygen atoms in total. The molecule has 0 aromatic carbocycles. The summed E-state index contributed by atoms with van der Waals surface area (Å²) in [4.78, 5) is 36.8. The topological polar surface area (TPSA) is 112 Å². The van der Waals surface area contributed by atoms with E-state index in [0.29, 0.717) is 19.4 Å². The number of carbonyl (C=O) groups excluding carboxylic acids is 2. The zero-order valence-electron chi connectivity index (χ0n) is 31.4. The number of rotatable bonds is 34. The van der Waals surface area contributed by atoms with Gasteiger partial charge in [0.1, 0.15) is 6.61 Å². The van der Waals surface area contributed by atoms with Gasteiger partial charge in [-0.1, -0.05) is 107 Å². The molecule has 0 radical (unpaired) electrons. The lowest BCUT2D eigenvalue weighted by molar-refractivity contribution is -0.161. The fourth-order valence-electron chi connectivity index (χ4n) is 4.61. The van der Waals surface area contributed by atoms with E-state index in [9.17, 15) is 19.0 Å². The van der Waals surface area contributed by atoms with Gasteiger partial charge in [-0.3, -0.25) is 18.6 Å². The summed E-state index contributed by atoms with van der Waals surface area (Å²) < 4.78 is 33.2. The number of nitrogens with zero attached hydrogens (tertiary/aromatic N) is 1. The molecule has 1 N–H and O–H groups in total. The number of ether oxygens (including phenoxy) is 2. The van der Waals surface area contributed by atoms with Gasteiger partial charge in [0, 0.05) is 19.4 Å². The lowest BCUT2D eigenvalue weighted by atomic mass is 10.1. The fourth-order valence-corrected chi connectivity index (χ4v) is 5.35. The standard InChI is InChI=1S/C39H70NO8P/c1-5-7-9-11-13-15-17-18-19-20-22-23-25-27-29-31-38(41)45-35-37(36-47-49(43,44)46-34-33-40(3)4)48-39(42)32-30-28-26-24-21-16-14-12-10-8-6-2/h12-15,18-19,22-23,37H,5-11,16-17,20-21,24-36H2,1-4H3,(H,43,44)/b14-12-,15-13-,19-18-,23-22-. The summed E-state index contributed by atoms with van der Waals surface area (Å²) in [6.07, 6.45) is 35.9. The van der Waals surface area contributed by atoms with Gasteiger partial charge in [0.05, 0.1) is 13.2 Å². The predicted molar refractivity (Wildman–Crippen MR) is 201 cm³/mol. The van der Waals surface area contributed by atoms with E-state index in [2.05, 4.69) is 62.5 Å². The van der Waals surface area contributed by atoms with Crippen molar-refractivity contribution in [3.05, 3.63) is 48.6 Å². The van der Waals surface area contributed by atoms with E-state index in [1.807, 2.05) is 14.1 Å². The molecule has 0 aromatic heterocycles. The summed E-state index contributed by atoms with van der Waals surface area (Å²) in [5.74, 6) is -0.865. The van der Waals surface area contributed by atoms with Gasteiger partial charge in [-0.25, -0.2) is 4.57 Å². The molecule has 0 spiro atoms. The van der Waals surface area contributed by atoms with E-state index in [-0.39, 0.29) is 26.1 Å². The zero-order chi connectivity index (χ0) is 36.3. The molecule has 2 atom stereocenters. The second kappa shape index (κ2) is 34.4. The van der Waals surface area contributed by atoms with E-state index < -0.39 is 32.5 Å². The molecular formula is C39H70NO8P. The van der Waals surface area contributed by atoms with Gasteiger partial charge < -0.3 is 19.3 Å². The summed E-state index contributed by atoms with van der Waals surface area (Å²) in [7, 11) is -0.735. The summed E-state index contributed by atoms with van der Waals surface area (Å²) in [5.41, 5.74) is 0. The quantitative estimate of drug-likeness (QED) is 0.0302. The molecule has 0 saturated carbocycles. The van der Waals surface area contributed by atoms with Crippen molar-refractivity contribution < 1.29 is 37.6 Å². The van der Waals surface area contributed by atoms with E-state index in [0.717, 1.165) is 70.6 Å². The Balaban J connectivity index is 4.45. The first-order chi connectivity index (χ1) is 23.7. The summed E-state index contributed by atoms with van der Waals surface area (Å²) in [5, 5.41) is 0. The van der Waals surface area contributed by atoms with Gasteiger partial charge in [0.15, 0.2) is 6.10 Å². The van der Waals surface area contributed by atoms with E-state index in [1.54, 1.807) is 4.90 Å². The lowest BCUT2D eigenvalue weighted by Gasteiger charge is -2.20. The minimum Gasteiger partial charge on any atom is -0.462 e.